The van der Waals surface area contributed by atoms with Gasteiger partial charge in [0.1, 0.15) is 11.6 Å². The van der Waals surface area contributed by atoms with E-state index in [1.165, 1.54) is 6.39 Å². The summed E-state index contributed by atoms with van der Waals surface area (Å²) in [6, 6.07) is 3.72. The van der Waals surface area contributed by atoms with Crippen LogP contribution < -0.4 is 5.56 Å². The summed E-state index contributed by atoms with van der Waals surface area (Å²) in [5, 5.41) is 0. The van der Waals surface area contributed by atoms with Gasteiger partial charge < -0.3 is 14.3 Å². The molecule has 1 saturated heterocycles. The van der Waals surface area contributed by atoms with Gasteiger partial charge in [0, 0.05) is 42.0 Å². The van der Waals surface area contributed by atoms with Crippen molar-refractivity contribution < 1.29 is 9.21 Å². The number of fused-ring (bicyclic) bond motifs is 2. The molecule has 0 atom stereocenters. The summed E-state index contributed by atoms with van der Waals surface area (Å²) in [5.74, 6) is 0.995. The number of aryl methyl sites for hydroxylation is 1. The average molecular weight is 391 g/mol. The molecule has 2 aliphatic rings. The van der Waals surface area contributed by atoms with E-state index in [1.54, 1.807) is 19.3 Å². The third kappa shape index (κ3) is 2.86. The average Bonchev–Trinajstić information content (AvgIpc) is 3.33. The van der Waals surface area contributed by atoms with Crippen molar-refractivity contribution in [2.75, 3.05) is 13.1 Å². The number of carbonyl (C=O) groups excluding carboxylic acids is 1. The van der Waals surface area contributed by atoms with Gasteiger partial charge in [-0.2, -0.15) is 0 Å². The maximum Gasteiger partial charge on any atom is 0.276 e. The maximum absolute atomic E-state index is 12.7. The van der Waals surface area contributed by atoms with Gasteiger partial charge in [-0.1, -0.05) is 0 Å². The number of H-pyrrole nitrogens is 1. The molecule has 29 heavy (non-hydrogen) atoms. The fourth-order valence-electron chi connectivity index (χ4n) is 4.58. The van der Waals surface area contributed by atoms with Gasteiger partial charge in [-0.3, -0.25) is 14.6 Å². The van der Waals surface area contributed by atoms with Gasteiger partial charge in [0.25, 0.3) is 11.5 Å². The first-order valence-corrected chi connectivity index (χ1v) is 9.81. The van der Waals surface area contributed by atoms with Crippen molar-refractivity contribution >= 4 is 5.91 Å². The zero-order valence-corrected chi connectivity index (χ0v) is 16.1. The summed E-state index contributed by atoms with van der Waals surface area (Å²) in [6.45, 7) is 2.97. The second kappa shape index (κ2) is 6.65. The number of nitrogens with zero attached hydrogens (tertiary/aromatic N) is 4. The monoisotopic (exact) mass is 391 g/mol. The van der Waals surface area contributed by atoms with Crippen molar-refractivity contribution in [1.82, 2.24) is 24.8 Å². The van der Waals surface area contributed by atoms with Crippen molar-refractivity contribution in [3.05, 3.63) is 64.0 Å². The van der Waals surface area contributed by atoms with Crippen LogP contribution in [0.4, 0.5) is 0 Å². The van der Waals surface area contributed by atoms with Crippen LogP contribution in [-0.4, -0.2) is 43.8 Å². The number of pyridine rings is 1. The number of nitrogens with one attached hydrogen (secondary N) is 1. The van der Waals surface area contributed by atoms with Gasteiger partial charge in [0.05, 0.1) is 5.69 Å². The zero-order chi connectivity index (χ0) is 20.0. The third-order valence-corrected chi connectivity index (χ3v) is 6.26. The quantitative estimate of drug-likeness (QED) is 0.718. The van der Waals surface area contributed by atoms with Gasteiger partial charge >= 0.3 is 0 Å². The highest BCUT2D eigenvalue weighted by atomic mass is 16.3. The Balaban J connectivity index is 1.43. The number of piperidine rings is 1. The lowest BCUT2D eigenvalue weighted by molar-refractivity contribution is 0.0656. The summed E-state index contributed by atoms with van der Waals surface area (Å²) < 4.78 is 5.17. The lowest BCUT2D eigenvalue weighted by Gasteiger charge is -2.39. The first-order valence-electron chi connectivity index (χ1n) is 9.81. The van der Waals surface area contributed by atoms with Crippen molar-refractivity contribution in [1.29, 1.82) is 0 Å². The fourth-order valence-corrected chi connectivity index (χ4v) is 4.58. The number of rotatable bonds is 2. The van der Waals surface area contributed by atoms with Crippen LogP contribution in [0.25, 0.3) is 11.4 Å². The molecule has 8 nitrogen and oxygen atoms in total. The number of aromatic amines is 1. The van der Waals surface area contributed by atoms with Crippen molar-refractivity contribution in [2.24, 2.45) is 0 Å². The molecule has 3 aromatic rings. The highest BCUT2D eigenvalue weighted by Crippen LogP contribution is 2.44. The van der Waals surface area contributed by atoms with Gasteiger partial charge in [-0.25, -0.2) is 9.97 Å². The molecular weight excluding hydrogens is 370 g/mol. The Hall–Kier alpha value is -3.29. The van der Waals surface area contributed by atoms with Crippen LogP contribution in [-0.2, 0) is 11.8 Å². The predicted octanol–water partition coefficient (Wildman–Crippen LogP) is 2.25. The smallest absolute Gasteiger partial charge is 0.276 e. The van der Waals surface area contributed by atoms with Gasteiger partial charge in [-0.05, 0) is 44.7 Å². The van der Waals surface area contributed by atoms with Gasteiger partial charge in [-0.15, -0.1) is 0 Å². The van der Waals surface area contributed by atoms with Crippen molar-refractivity contribution in [3.63, 3.8) is 0 Å². The molecule has 148 valence electrons. The number of amides is 1. The number of likely N-dealkylation sites (tertiary alicyclic amines) is 1. The lowest BCUT2D eigenvalue weighted by atomic mass is 9.76. The minimum absolute atomic E-state index is 0.0672. The largest absolute Gasteiger partial charge is 0.448 e. The predicted molar refractivity (Wildman–Crippen MR) is 104 cm³/mol. The van der Waals surface area contributed by atoms with Gasteiger partial charge in [0.15, 0.2) is 12.1 Å². The van der Waals surface area contributed by atoms with E-state index in [1.807, 2.05) is 17.0 Å². The summed E-state index contributed by atoms with van der Waals surface area (Å²) in [7, 11) is 0. The summed E-state index contributed by atoms with van der Waals surface area (Å²) in [5.41, 5.74) is 2.62. The molecule has 1 N–H and O–H groups in total. The zero-order valence-electron chi connectivity index (χ0n) is 16.1. The molecule has 8 heteroatoms. The highest BCUT2D eigenvalue weighted by Gasteiger charge is 2.45. The number of hydrogen-bond donors (Lipinski definition) is 1. The second-order valence-corrected chi connectivity index (χ2v) is 7.81. The Morgan fingerprint density at radius 2 is 2.10 bits per heavy atom. The Bertz CT molecular complexity index is 1130. The molecule has 3 aromatic heterocycles. The van der Waals surface area contributed by atoms with Crippen LogP contribution in [0.3, 0.4) is 0 Å². The van der Waals surface area contributed by atoms with E-state index in [0.29, 0.717) is 30.4 Å². The van der Waals surface area contributed by atoms with E-state index in [0.717, 1.165) is 42.5 Å². The number of aromatic nitrogens is 4. The highest BCUT2D eigenvalue weighted by molar-refractivity contribution is 5.93. The van der Waals surface area contributed by atoms with E-state index >= 15 is 0 Å². The molecule has 1 fully saturated rings. The summed E-state index contributed by atoms with van der Waals surface area (Å²) >= 11 is 0. The first kappa shape index (κ1) is 17.8. The van der Waals surface area contributed by atoms with E-state index < -0.39 is 0 Å². The van der Waals surface area contributed by atoms with Crippen LogP contribution in [0.5, 0.6) is 0 Å². The van der Waals surface area contributed by atoms with Crippen LogP contribution in [0.2, 0.25) is 0 Å². The van der Waals surface area contributed by atoms with E-state index in [4.69, 9.17) is 9.40 Å². The number of oxazole rings is 1. The van der Waals surface area contributed by atoms with E-state index in [2.05, 4.69) is 15.0 Å². The molecule has 1 aliphatic heterocycles. The number of carbonyl (C=O) groups is 1. The minimum Gasteiger partial charge on any atom is -0.448 e. The SMILES string of the molecule is Cc1ocnc1C(=O)N1CCC2(CCc3c2nc(-c2cccnc2)[nH]c3=O)CC1. The molecule has 5 rings (SSSR count). The standard InChI is InChI=1S/C21H21N5O3/c1-13-16(23-12-29-13)20(28)26-9-6-21(7-10-26)5-4-15-17(21)24-18(25-19(15)27)14-3-2-8-22-11-14/h2-3,8,11-12H,4-7,9-10H2,1H3,(H,24,25,27). The molecule has 0 unspecified atom stereocenters. The minimum atomic E-state index is -0.157. The second-order valence-electron chi connectivity index (χ2n) is 7.81. The molecular formula is C21H21N5O3. The molecule has 4 heterocycles. The lowest BCUT2D eigenvalue weighted by Crippen LogP contribution is -2.45. The van der Waals surface area contributed by atoms with E-state index in [9.17, 15) is 9.59 Å². The Morgan fingerprint density at radius 3 is 2.79 bits per heavy atom. The number of hydrogen-bond acceptors (Lipinski definition) is 6. The Kier molecular flexibility index (Phi) is 4.08. The van der Waals surface area contributed by atoms with Crippen molar-refractivity contribution in [2.45, 2.75) is 38.0 Å². The Labute approximate surface area is 167 Å². The first-order chi connectivity index (χ1) is 14.1. The summed E-state index contributed by atoms with van der Waals surface area (Å²) in [4.78, 5) is 43.2. The molecule has 1 aliphatic carbocycles. The van der Waals surface area contributed by atoms with Crippen LogP contribution in [0, 0.1) is 6.92 Å². The van der Waals surface area contributed by atoms with Gasteiger partial charge in [0.2, 0.25) is 0 Å². The molecule has 0 radical (unpaired) electrons. The Morgan fingerprint density at radius 1 is 1.28 bits per heavy atom. The van der Waals surface area contributed by atoms with E-state index in [-0.39, 0.29) is 16.9 Å². The molecule has 0 bridgehead atoms. The van der Waals surface area contributed by atoms with Crippen LogP contribution in [0.15, 0.2) is 40.1 Å². The third-order valence-electron chi connectivity index (χ3n) is 6.26. The molecule has 1 spiro atoms. The summed E-state index contributed by atoms with van der Waals surface area (Å²) in [6.07, 6.45) is 7.88. The fraction of sp³-hybridized carbons (Fsp3) is 0.381. The molecule has 0 aromatic carbocycles. The molecule has 0 saturated carbocycles. The van der Waals surface area contributed by atoms with Crippen molar-refractivity contribution in [3.8, 4) is 11.4 Å². The topological polar surface area (TPSA) is 105 Å². The van der Waals surface area contributed by atoms with Crippen LogP contribution in [0.1, 0.15) is 46.8 Å². The maximum atomic E-state index is 12.7. The normalized spacial score (nSPS) is 17.5. The molecule has 1 amide bonds. The van der Waals surface area contributed by atoms with Crippen LogP contribution >= 0.6 is 0 Å².